The molecule has 1 aromatic rings. The van der Waals surface area contributed by atoms with Gasteiger partial charge in [-0.15, -0.1) is 0 Å². The zero-order valence-corrected chi connectivity index (χ0v) is 13.4. The van der Waals surface area contributed by atoms with Crippen LogP contribution in [0.1, 0.15) is 25.0 Å². The van der Waals surface area contributed by atoms with E-state index in [9.17, 15) is 8.42 Å². The predicted octanol–water partition coefficient (Wildman–Crippen LogP) is 1.25. The first-order valence-corrected chi connectivity index (χ1v) is 8.18. The minimum atomic E-state index is -3.36. The van der Waals surface area contributed by atoms with Crippen molar-refractivity contribution < 1.29 is 13.2 Å². The van der Waals surface area contributed by atoms with E-state index in [1.165, 1.54) is 0 Å². The zero-order valence-electron chi connectivity index (χ0n) is 12.6. The fourth-order valence-corrected chi connectivity index (χ4v) is 2.95. The number of ether oxygens (including phenoxy) is 1. The van der Waals surface area contributed by atoms with Crippen LogP contribution in [-0.4, -0.2) is 34.7 Å². The Morgan fingerprint density at radius 1 is 1.25 bits per heavy atom. The molecule has 0 saturated carbocycles. The average molecular weight is 300 g/mol. The van der Waals surface area contributed by atoms with E-state index in [0.717, 1.165) is 17.7 Å². The quantitative estimate of drug-likeness (QED) is 0.758. The minimum absolute atomic E-state index is 0.0235. The van der Waals surface area contributed by atoms with Gasteiger partial charge in [0.15, 0.2) is 0 Å². The summed E-state index contributed by atoms with van der Waals surface area (Å²) in [5.74, 6) is -0.0235. The van der Waals surface area contributed by atoms with Crippen molar-refractivity contribution in [2.24, 2.45) is 0 Å². The summed E-state index contributed by atoms with van der Waals surface area (Å²) < 4.78 is 31.9. The van der Waals surface area contributed by atoms with Crippen molar-refractivity contribution in [1.29, 1.82) is 0 Å². The molecule has 0 radical (unpaired) electrons. The Bertz CT molecular complexity index is 527. The second kappa shape index (κ2) is 7.17. The first kappa shape index (κ1) is 17.1. The molecule has 20 heavy (non-hydrogen) atoms. The minimum Gasteiger partial charge on any atom is -0.377 e. The number of methoxy groups -OCH3 is 1. The Balaban J connectivity index is 2.69. The van der Waals surface area contributed by atoms with Gasteiger partial charge in [0.05, 0.1) is 11.4 Å². The van der Waals surface area contributed by atoms with Gasteiger partial charge in [0.1, 0.15) is 0 Å². The van der Waals surface area contributed by atoms with Crippen molar-refractivity contribution in [3.8, 4) is 0 Å². The standard InChI is InChI=1S/C14H24N2O3S/c1-14(2,19-4)11-16-20(17,18)10-13-7-5-6-12(8-13)9-15-3/h5-8,15-16H,9-11H2,1-4H3. The summed E-state index contributed by atoms with van der Waals surface area (Å²) in [5.41, 5.74) is 1.33. The molecule has 0 aromatic heterocycles. The SMILES string of the molecule is CNCc1cccc(CS(=O)(=O)NCC(C)(C)OC)c1. The van der Waals surface area contributed by atoms with Gasteiger partial charge >= 0.3 is 0 Å². The molecule has 2 N–H and O–H groups in total. The summed E-state index contributed by atoms with van der Waals surface area (Å²) >= 11 is 0. The van der Waals surface area contributed by atoms with E-state index >= 15 is 0 Å². The van der Waals surface area contributed by atoms with Gasteiger partial charge in [0.2, 0.25) is 10.0 Å². The third-order valence-electron chi connectivity index (χ3n) is 3.00. The maximum atomic E-state index is 12.0. The lowest BCUT2D eigenvalue weighted by Gasteiger charge is -2.23. The molecule has 0 spiro atoms. The van der Waals surface area contributed by atoms with Crippen LogP contribution in [0.2, 0.25) is 0 Å². The van der Waals surface area contributed by atoms with E-state index in [-0.39, 0.29) is 12.3 Å². The predicted molar refractivity (Wildman–Crippen MR) is 80.9 cm³/mol. The lowest BCUT2D eigenvalue weighted by Crippen LogP contribution is -2.40. The second-order valence-corrected chi connectivity index (χ2v) is 7.20. The van der Waals surface area contributed by atoms with Crippen molar-refractivity contribution in [2.75, 3.05) is 20.7 Å². The summed E-state index contributed by atoms with van der Waals surface area (Å²) in [6.07, 6.45) is 0. The van der Waals surface area contributed by atoms with Crippen molar-refractivity contribution >= 4 is 10.0 Å². The van der Waals surface area contributed by atoms with Crippen LogP contribution in [-0.2, 0) is 27.1 Å². The number of hydrogen-bond donors (Lipinski definition) is 2. The topological polar surface area (TPSA) is 67.4 Å². The van der Waals surface area contributed by atoms with E-state index in [1.54, 1.807) is 7.11 Å². The number of hydrogen-bond acceptors (Lipinski definition) is 4. The van der Waals surface area contributed by atoms with Crippen LogP contribution in [0.4, 0.5) is 0 Å². The molecular formula is C14H24N2O3S. The van der Waals surface area contributed by atoms with E-state index in [2.05, 4.69) is 10.0 Å². The highest BCUT2D eigenvalue weighted by Crippen LogP contribution is 2.10. The molecule has 0 unspecified atom stereocenters. The molecule has 0 heterocycles. The van der Waals surface area contributed by atoms with Crippen molar-refractivity contribution in [1.82, 2.24) is 10.0 Å². The molecule has 0 aliphatic heterocycles. The largest absolute Gasteiger partial charge is 0.377 e. The Morgan fingerprint density at radius 3 is 2.50 bits per heavy atom. The Kier molecular flexibility index (Phi) is 6.13. The molecule has 0 aliphatic carbocycles. The Morgan fingerprint density at radius 2 is 1.90 bits per heavy atom. The lowest BCUT2D eigenvalue weighted by atomic mass is 10.1. The highest BCUT2D eigenvalue weighted by molar-refractivity contribution is 7.88. The maximum Gasteiger partial charge on any atom is 0.215 e. The number of sulfonamides is 1. The van der Waals surface area contributed by atoms with E-state index < -0.39 is 15.6 Å². The fourth-order valence-electron chi connectivity index (χ4n) is 1.66. The Labute approximate surface area is 121 Å². The van der Waals surface area contributed by atoms with Gasteiger partial charge in [-0.2, -0.15) is 0 Å². The molecule has 114 valence electrons. The molecule has 1 aromatic carbocycles. The highest BCUT2D eigenvalue weighted by atomic mass is 32.2. The molecule has 0 bridgehead atoms. The summed E-state index contributed by atoms with van der Waals surface area (Å²) in [5, 5.41) is 3.05. The molecule has 0 aliphatic rings. The molecule has 0 fully saturated rings. The molecule has 5 nitrogen and oxygen atoms in total. The fraction of sp³-hybridized carbons (Fsp3) is 0.571. The van der Waals surface area contributed by atoms with Crippen molar-refractivity contribution in [2.45, 2.75) is 31.7 Å². The van der Waals surface area contributed by atoms with E-state index in [0.29, 0.717) is 0 Å². The van der Waals surface area contributed by atoms with Gasteiger partial charge in [0.25, 0.3) is 0 Å². The van der Waals surface area contributed by atoms with Crippen LogP contribution in [0.15, 0.2) is 24.3 Å². The first-order valence-electron chi connectivity index (χ1n) is 6.53. The molecule has 6 heteroatoms. The first-order chi connectivity index (χ1) is 9.28. The van der Waals surface area contributed by atoms with Crippen LogP contribution in [0.25, 0.3) is 0 Å². The van der Waals surface area contributed by atoms with Gasteiger partial charge in [-0.25, -0.2) is 13.1 Å². The third-order valence-corrected chi connectivity index (χ3v) is 4.30. The monoisotopic (exact) mass is 300 g/mol. The normalized spacial score (nSPS) is 12.6. The average Bonchev–Trinajstić information content (AvgIpc) is 2.37. The van der Waals surface area contributed by atoms with E-state index in [4.69, 9.17) is 4.74 Å². The van der Waals surface area contributed by atoms with E-state index in [1.807, 2.05) is 45.2 Å². The molecule has 0 amide bonds. The summed E-state index contributed by atoms with van der Waals surface area (Å²) in [6.45, 7) is 4.65. The van der Waals surface area contributed by atoms with Gasteiger partial charge in [-0.1, -0.05) is 24.3 Å². The van der Waals surface area contributed by atoms with Gasteiger partial charge < -0.3 is 10.1 Å². The van der Waals surface area contributed by atoms with Gasteiger partial charge in [-0.05, 0) is 32.0 Å². The Hall–Kier alpha value is -0.950. The summed E-state index contributed by atoms with van der Waals surface area (Å²) in [7, 11) is 0.0639. The molecule has 0 saturated heterocycles. The molecular weight excluding hydrogens is 276 g/mol. The van der Waals surface area contributed by atoms with Crippen molar-refractivity contribution in [3.05, 3.63) is 35.4 Å². The van der Waals surface area contributed by atoms with Crippen LogP contribution in [0, 0.1) is 0 Å². The molecule has 1 rings (SSSR count). The van der Waals surface area contributed by atoms with Crippen molar-refractivity contribution in [3.63, 3.8) is 0 Å². The van der Waals surface area contributed by atoms with Gasteiger partial charge in [-0.3, -0.25) is 0 Å². The third kappa shape index (κ3) is 6.00. The molecule has 0 atom stereocenters. The number of rotatable bonds is 8. The zero-order chi connectivity index (χ0) is 15.2. The van der Waals surface area contributed by atoms with Crippen LogP contribution < -0.4 is 10.0 Å². The van der Waals surface area contributed by atoms with Gasteiger partial charge in [0, 0.05) is 20.2 Å². The summed E-state index contributed by atoms with van der Waals surface area (Å²) in [4.78, 5) is 0. The maximum absolute atomic E-state index is 12.0. The van der Waals surface area contributed by atoms with Crippen LogP contribution in [0.5, 0.6) is 0 Å². The smallest absolute Gasteiger partial charge is 0.215 e. The highest BCUT2D eigenvalue weighted by Gasteiger charge is 2.20. The van der Waals surface area contributed by atoms with Crippen LogP contribution in [0.3, 0.4) is 0 Å². The number of nitrogens with one attached hydrogen (secondary N) is 2. The lowest BCUT2D eigenvalue weighted by molar-refractivity contribution is 0.0276. The van der Waals surface area contributed by atoms with Crippen LogP contribution >= 0.6 is 0 Å². The number of benzene rings is 1. The second-order valence-electron chi connectivity index (χ2n) is 5.39. The summed E-state index contributed by atoms with van der Waals surface area (Å²) in [6, 6.07) is 7.56.